The highest BCUT2D eigenvalue weighted by Gasteiger charge is 2.58. The zero-order chi connectivity index (χ0) is 28.9. The number of benzene rings is 1. The fourth-order valence-electron chi connectivity index (χ4n) is 8.52. The van der Waals surface area contributed by atoms with Crippen LogP contribution in [0.1, 0.15) is 91.5 Å². The second-order valence-electron chi connectivity index (χ2n) is 15.3. The van der Waals surface area contributed by atoms with Gasteiger partial charge in [-0.25, -0.2) is 4.21 Å². The molecular formula is C35H52O3SSi. The lowest BCUT2D eigenvalue weighted by Crippen LogP contribution is -2.51. The van der Waals surface area contributed by atoms with E-state index in [0.29, 0.717) is 22.3 Å². The molecule has 5 heteroatoms. The number of aryl methyl sites for hydroxylation is 1. The highest BCUT2D eigenvalue weighted by molar-refractivity contribution is 7.80. The van der Waals surface area contributed by atoms with E-state index in [4.69, 9.17) is 8.61 Å². The first-order valence-corrected chi connectivity index (χ1v) is 19.7. The van der Waals surface area contributed by atoms with Crippen LogP contribution in [-0.2, 0) is 19.7 Å². The highest BCUT2D eigenvalue weighted by atomic mass is 32.2. The quantitative estimate of drug-likeness (QED) is 0.198. The van der Waals surface area contributed by atoms with Gasteiger partial charge >= 0.3 is 0 Å². The lowest BCUT2D eigenvalue weighted by atomic mass is 9.47. The molecule has 1 aromatic rings. The maximum Gasteiger partial charge on any atom is 0.192 e. The molecule has 220 valence electrons. The van der Waals surface area contributed by atoms with Crippen molar-refractivity contribution in [2.45, 2.75) is 122 Å². The molecule has 3 fully saturated rings. The molecule has 0 heterocycles. The molecule has 0 spiro atoms. The average Bonchev–Trinajstić information content (AvgIpc) is 3.22. The molecule has 0 amide bonds. The number of allylic oxidation sites excluding steroid dienone is 1. The molecule has 40 heavy (non-hydrogen) atoms. The Morgan fingerprint density at radius 3 is 2.45 bits per heavy atom. The van der Waals surface area contributed by atoms with Crippen LogP contribution in [-0.4, -0.2) is 25.2 Å². The zero-order valence-corrected chi connectivity index (χ0v) is 28.1. The van der Waals surface area contributed by atoms with E-state index < -0.39 is 19.4 Å². The van der Waals surface area contributed by atoms with Crippen molar-refractivity contribution in [2.75, 3.05) is 6.61 Å². The molecule has 1 aromatic carbocycles. The maximum atomic E-state index is 12.5. The molecule has 0 aliphatic heterocycles. The van der Waals surface area contributed by atoms with Gasteiger partial charge in [-0.2, -0.15) is 0 Å². The van der Waals surface area contributed by atoms with Crippen LogP contribution in [0.15, 0.2) is 40.8 Å². The molecular weight excluding hydrogens is 529 g/mol. The van der Waals surface area contributed by atoms with Crippen molar-refractivity contribution in [3.8, 4) is 11.8 Å². The summed E-state index contributed by atoms with van der Waals surface area (Å²) in [5.74, 6) is 9.62. The van der Waals surface area contributed by atoms with Gasteiger partial charge in [0.2, 0.25) is 0 Å². The molecule has 4 aliphatic carbocycles. The molecule has 8 atom stereocenters. The van der Waals surface area contributed by atoms with Gasteiger partial charge in [0.1, 0.15) is 6.61 Å². The van der Waals surface area contributed by atoms with Crippen LogP contribution in [0.5, 0.6) is 0 Å². The van der Waals surface area contributed by atoms with E-state index in [1.54, 1.807) is 5.57 Å². The summed E-state index contributed by atoms with van der Waals surface area (Å²) in [6, 6.07) is 7.68. The molecule has 0 aromatic heterocycles. The first kappa shape index (κ1) is 30.3. The van der Waals surface area contributed by atoms with Crippen molar-refractivity contribution in [1.82, 2.24) is 0 Å². The molecule has 0 radical (unpaired) electrons. The summed E-state index contributed by atoms with van der Waals surface area (Å²) in [5, 5.41) is 0.264. The van der Waals surface area contributed by atoms with E-state index in [1.807, 2.05) is 31.2 Å². The van der Waals surface area contributed by atoms with Gasteiger partial charge in [0.05, 0.1) is 4.90 Å². The second kappa shape index (κ2) is 11.1. The molecule has 3 saturated carbocycles. The monoisotopic (exact) mass is 580 g/mol. The third-order valence-corrected chi connectivity index (χ3v) is 17.6. The van der Waals surface area contributed by atoms with Crippen LogP contribution in [0.25, 0.3) is 0 Å². The predicted molar refractivity (Wildman–Crippen MR) is 169 cm³/mol. The third kappa shape index (κ3) is 5.60. The van der Waals surface area contributed by atoms with E-state index >= 15 is 0 Å². The molecule has 0 unspecified atom stereocenters. The summed E-state index contributed by atoms with van der Waals surface area (Å²) < 4.78 is 25.0. The summed E-state index contributed by atoms with van der Waals surface area (Å²) in [6.45, 7) is 19.3. The van der Waals surface area contributed by atoms with Gasteiger partial charge in [0.15, 0.2) is 19.4 Å². The number of hydrogen-bond acceptors (Lipinski definition) is 3. The Bertz CT molecular complexity index is 1200. The van der Waals surface area contributed by atoms with Gasteiger partial charge in [-0.1, -0.05) is 75.8 Å². The van der Waals surface area contributed by atoms with Crippen LogP contribution in [0.4, 0.5) is 0 Å². The normalized spacial score (nSPS) is 36.4. The van der Waals surface area contributed by atoms with Gasteiger partial charge in [-0.05, 0) is 117 Å². The minimum absolute atomic E-state index is 0.228. The Balaban J connectivity index is 1.22. The largest absolute Gasteiger partial charge is 0.414 e. The maximum absolute atomic E-state index is 12.5. The Kier molecular flexibility index (Phi) is 8.43. The molecule has 5 rings (SSSR count). The zero-order valence-electron chi connectivity index (χ0n) is 26.3. The van der Waals surface area contributed by atoms with Crippen LogP contribution < -0.4 is 0 Å². The van der Waals surface area contributed by atoms with Gasteiger partial charge in [-0.3, -0.25) is 4.18 Å². The lowest BCUT2D eigenvalue weighted by Gasteiger charge is -2.58. The first-order chi connectivity index (χ1) is 18.7. The average molecular weight is 581 g/mol. The summed E-state index contributed by atoms with van der Waals surface area (Å²) in [5.41, 5.74) is 3.49. The summed E-state index contributed by atoms with van der Waals surface area (Å²) in [6.07, 6.45) is 13.0. The number of fused-ring (bicyclic) bond motifs is 5. The van der Waals surface area contributed by atoms with E-state index in [2.05, 4.69) is 65.6 Å². The Morgan fingerprint density at radius 1 is 1.02 bits per heavy atom. The van der Waals surface area contributed by atoms with Crippen molar-refractivity contribution in [3.63, 3.8) is 0 Å². The molecule has 0 bridgehead atoms. The van der Waals surface area contributed by atoms with Crippen molar-refractivity contribution in [3.05, 3.63) is 41.5 Å². The van der Waals surface area contributed by atoms with Crippen LogP contribution in [0.3, 0.4) is 0 Å². The number of rotatable bonds is 5. The second-order valence-corrected chi connectivity index (χ2v) is 21.2. The van der Waals surface area contributed by atoms with E-state index in [-0.39, 0.29) is 17.1 Å². The van der Waals surface area contributed by atoms with E-state index in [1.165, 1.54) is 44.9 Å². The first-order valence-electron chi connectivity index (χ1n) is 15.7. The van der Waals surface area contributed by atoms with Crippen molar-refractivity contribution >= 4 is 19.4 Å². The van der Waals surface area contributed by atoms with Crippen molar-refractivity contribution in [1.29, 1.82) is 0 Å². The summed E-state index contributed by atoms with van der Waals surface area (Å²) in [4.78, 5) is 0.706. The topological polar surface area (TPSA) is 35.5 Å². The minimum Gasteiger partial charge on any atom is -0.414 e. The van der Waals surface area contributed by atoms with Crippen LogP contribution in [0.2, 0.25) is 18.1 Å². The summed E-state index contributed by atoms with van der Waals surface area (Å²) in [7, 11) is -1.75. The standard InChI is InChI=1S/C35H52O3SSi/c1-25-11-15-29(16-12-25)39(36)37-23-9-10-26-14-18-31-30-17-13-27-24-28(38-40(7,8)33(2,3)4)19-21-35(27,6)32(30)20-22-34(26,31)5/h11-13,15-16,26,28,30-32H,14,17-24H2,1-8H3/t26-,28-,30-,31-,32-,34+,35-,39-/m0/s1. The van der Waals surface area contributed by atoms with Crippen LogP contribution in [0, 0.1) is 53.3 Å². The molecule has 0 N–H and O–H groups in total. The lowest BCUT2D eigenvalue weighted by molar-refractivity contribution is -0.0422. The van der Waals surface area contributed by atoms with Gasteiger partial charge in [-0.15, -0.1) is 0 Å². The molecule has 4 aliphatic rings. The fourth-order valence-corrected chi connectivity index (χ4v) is 10.6. The predicted octanol–water partition coefficient (Wildman–Crippen LogP) is 9.01. The minimum atomic E-state index is -1.75. The molecule has 3 nitrogen and oxygen atoms in total. The van der Waals surface area contributed by atoms with E-state index in [9.17, 15) is 4.21 Å². The Morgan fingerprint density at radius 2 is 1.75 bits per heavy atom. The third-order valence-electron chi connectivity index (χ3n) is 12.1. The SMILES string of the molecule is Cc1ccc([S@@](=O)OCC#C[C@H]2CC[C@H]3[C@@H]4CC=C5C[C@@H](O[Si](C)(C)C(C)(C)C)CC[C@]5(C)[C@H]4CC[C@]23C)cc1. The molecule has 0 saturated heterocycles. The smallest absolute Gasteiger partial charge is 0.192 e. The highest BCUT2D eigenvalue weighted by Crippen LogP contribution is 2.66. The number of hydrogen-bond donors (Lipinski definition) is 0. The Labute approximate surface area is 248 Å². The van der Waals surface area contributed by atoms with Crippen molar-refractivity contribution < 1.29 is 12.8 Å². The van der Waals surface area contributed by atoms with E-state index in [0.717, 1.165) is 29.7 Å². The van der Waals surface area contributed by atoms with Crippen LogP contribution >= 0.6 is 0 Å². The summed E-state index contributed by atoms with van der Waals surface area (Å²) >= 11 is -1.46. The Hall–Kier alpha value is -1.19. The van der Waals surface area contributed by atoms with Gasteiger partial charge in [0.25, 0.3) is 0 Å². The van der Waals surface area contributed by atoms with Crippen molar-refractivity contribution in [2.24, 2.45) is 34.5 Å². The van der Waals surface area contributed by atoms with Gasteiger partial charge < -0.3 is 4.43 Å². The van der Waals surface area contributed by atoms with Gasteiger partial charge in [0, 0.05) is 12.0 Å². The fraction of sp³-hybridized carbons (Fsp3) is 0.714.